The molecule has 1 saturated heterocycles. The average Bonchev–Trinajstić information content (AvgIpc) is 2.40. The third-order valence-electron chi connectivity index (χ3n) is 3.07. The van der Waals surface area contributed by atoms with Crippen LogP contribution < -0.4 is 15.0 Å². The van der Waals surface area contributed by atoms with Crippen LogP contribution in [-0.2, 0) is 0 Å². The van der Waals surface area contributed by atoms with Crippen molar-refractivity contribution in [2.75, 3.05) is 31.6 Å². The molecule has 0 aliphatic carbocycles. The molecular weight excluding hydrogens is 216 g/mol. The number of nitrogens with one attached hydrogen (secondary N) is 1. The molecule has 17 heavy (non-hydrogen) atoms. The Kier molecular flexibility index (Phi) is 4.14. The van der Waals surface area contributed by atoms with Crippen LogP contribution in [0.3, 0.4) is 0 Å². The third kappa shape index (κ3) is 3.06. The molecule has 1 aromatic heterocycles. The molecule has 5 heteroatoms. The lowest BCUT2D eigenvalue weighted by atomic mass is 10.1. The summed E-state index contributed by atoms with van der Waals surface area (Å²) in [5, 5.41) is 3.33. The number of rotatable bonds is 4. The van der Waals surface area contributed by atoms with E-state index in [4.69, 9.17) is 4.74 Å². The minimum Gasteiger partial charge on any atom is -0.478 e. The van der Waals surface area contributed by atoms with Gasteiger partial charge in [0.2, 0.25) is 5.88 Å². The zero-order valence-corrected chi connectivity index (χ0v) is 10.5. The Morgan fingerprint density at radius 1 is 1.53 bits per heavy atom. The third-order valence-corrected chi connectivity index (χ3v) is 3.07. The summed E-state index contributed by atoms with van der Waals surface area (Å²) >= 11 is 0. The molecule has 94 valence electrons. The molecule has 0 saturated carbocycles. The fraction of sp³-hybridized carbons (Fsp3) is 0.667. The maximum Gasteiger partial charge on any atom is 0.218 e. The van der Waals surface area contributed by atoms with E-state index in [0.717, 1.165) is 18.9 Å². The number of anilines is 1. The van der Waals surface area contributed by atoms with E-state index >= 15 is 0 Å². The summed E-state index contributed by atoms with van der Waals surface area (Å²) in [6.45, 7) is 4.65. The summed E-state index contributed by atoms with van der Waals surface area (Å²) < 4.78 is 5.40. The van der Waals surface area contributed by atoms with E-state index in [9.17, 15) is 0 Å². The smallest absolute Gasteiger partial charge is 0.218 e. The number of aromatic nitrogens is 2. The van der Waals surface area contributed by atoms with Gasteiger partial charge in [0.15, 0.2) is 0 Å². The summed E-state index contributed by atoms with van der Waals surface area (Å²) in [5.41, 5.74) is 0. The highest BCUT2D eigenvalue weighted by Gasteiger charge is 2.19. The molecule has 1 aliphatic heterocycles. The van der Waals surface area contributed by atoms with E-state index in [-0.39, 0.29) is 0 Å². The molecule has 2 rings (SSSR count). The molecule has 1 aromatic rings. The first-order valence-electron chi connectivity index (χ1n) is 6.20. The minimum atomic E-state index is 0.550. The molecular formula is C12H20N4O. The van der Waals surface area contributed by atoms with Crippen molar-refractivity contribution in [1.82, 2.24) is 15.3 Å². The molecule has 0 aromatic carbocycles. The van der Waals surface area contributed by atoms with Gasteiger partial charge in [-0.3, -0.25) is 0 Å². The van der Waals surface area contributed by atoms with Crippen molar-refractivity contribution in [3.63, 3.8) is 0 Å². The van der Waals surface area contributed by atoms with Crippen LogP contribution >= 0.6 is 0 Å². The molecule has 0 radical (unpaired) electrons. The second kappa shape index (κ2) is 5.82. The van der Waals surface area contributed by atoms with Crippen molar-refractivity contribution in [3.8, 4) is 5.88 Å². The van der Waals surface area contributed by atoms with E-state index in [1.165, 1.54) is 12.8 Å². The highest BCUT2D eigenvalue weighted by molar-refractivity contribution is 5.41. The summed E-state index contributed by atoms with van der Waals surface area (Å²) in [5.74, 6) is 1.62. The standard InChI is InChI=1S/C12H20N4O/c1-3-17-12-7-11(14-9-15-12)16-6-4-5-10(8-16)13-2/h7,9-10,13H,3-6,8H2,1-2H3. The van der Waals surface area contributed by atoms with Gasteiger partial charge in [-0.25, -0.2) is 9.97 Å². The van der Waals surface area contributed by atoms with Crippen LogP contribution in [-0.4, -0.2) is 42.8 Å². The SMILES string of the molecule is CCOc1cc(N2CCCC(NC)C2)ncn1. The monoisotopic (exact) mass is 236 g/mol. The van der Waals surface area contributed by atoms with Gasteiger partial charge in [-0.05, 0) is 26.8 Å². The van der Waals surface area contributed by atoms with Gasteiger partial charge in [-0.15, -0.1) is 0 Å². The van der Waals surface area contributed by atoms with Crippen LogP contribution in [0.4, 0.5) is 5.82 Å². The Morgan fingerprint density at radius 2 is 2.41 bits per heavy atom. The van der Waals surface area contributed by atoms with E-state index in [2.05, 4.69) is 20.2 Å². The minimum absolute atomic E-state index is 0.550. The van der Waals surface area contributed by atoms with Gasteiger partial charge in [0.1, 0.15) is 12.1 Å². The molecule has 1 atom stereocenters. The van der Waals surface area contributed by atoms with Crippen molar-refractivity contribution >= 4 is 5.82 Å². The molecule has 0 bridgehead atoms. The van der Waals surface area contributed by atoms with Crippen LogP contribution in [0.15, 0.2) is 12.4 Å². The first-order chi connectivity index (χ1) is 8.33. The Balaban J connectivity index is 2.07. The lowest BCUT2D eigenvalue weighted by molar-refractivity contribution is 0.326. The molecule has 1 fully saturated rings. The van der Waals surface area contributed by atoms with Gasteiger partial charge in [0, 0.05) is 25.2 Å². The topological polar surface area (TPSA) is 50.3 Å². The average molecular weight is 236 g/mol. The van der Waals surface area contributed by atoms with Crippen molar-refractivity contribution in [2.45, 2.75) is 25.8 Å². The van der Waals surface area contributed by atoms with Gasteiger partial charge >= 0.3 is 0 Å². The number of nitrogens with zero attached hydrogens (tertiary/aromatic N) is 3. The van der Waals surface area contributed by atoms with Crippen LogP contribution in [0.5, 0.6) is 5.88 Å². The van der Waals surface area contributed by atoms with Crippen molar-refractivity contribution in [2.24, 2.45) is 0 Å². The predicted octanol–water partition coefficient (Wildman–Crippen LogP) is 1.06. The first-order valence-corrected chi connectivity index (χ1v) is 6.20. The Hall–Kier alpha value is -1.36. The predicted molar refractivity (Wildman–Crippen MR) is 67.5 cm³/mol. The normalized spacial score (nSPS) is 20.4. The number of likely N-dealkylation sites (N-methyl/N-ethyl adjacent to an activating group) is 1. The van der Waals surface area contributed by atoms with Crippen LogP contribution in [0.2, 0.25) is 0 Å². The van der Waals surface area contributed by atoms with Crippen LogP contribution in [0, 0.1) is 0 Å². The Labute approximate surface area is 102 Å². The summed E-state index contributed by atoms with van der Waals surface area (Å²) in [6.07, 6.45) is 4.00. The van der Waals surface area contributed by atoms with Crippen molar-refractivity contribution in [1.29, 1.82) is 0 Å². The summed E-state index contributed by atoms with van der Waals surface area (Å²) in [7, 11) is 2.01. The lowest BCUT2D eigenvalue weighted by Crippen LogP contribution is -2.44. The van der Waals surface area contributed by atoms with Crippen LogP contribution in [0.25, 0.3) is 0 Å². The second-order valence-corrected chi connectivity index (χ2v) is 4.22. The lowest BCUT2D eigenvalue weighted by Gasteiger charge is -2.33. The van der Waals surface area contributed by atoms with Crippen LogP contribution in [0.1, 0.15) is 19.8 Å². The van der Waals surface area contributed by atoms with Gasteiger partial charge < -0.3 is 15.0 Å². The maximum absolute atomic E-state index is 5.40. The number of hydrogen-bond donors (Lipinski definition) is 1. The quantitative estimate of drug-likeness (QED) is 0.847. The zero-order valence-electron chi connectivity index (χ0n) is 10.5. The van der Waals surface area contributed by atoms with E-state index < -0.39 is 0 Å². The zero-order chi connectivity index (χ0) is 12.1. The van der Waals surface area contributed by atoms with Gasteiger partial charge in [0.05, 0.1) is 6.61 Å². The van der Waals surface area contributed by atoms with Gasteiger partial charge in [0.25, 0.3) is 0 Å². The maximum atomic E-state index is 5.40. The van der Waals surface area contributed by atoms with E-state index in [1.54, 1.807) is 6.33 Å². The Morgan fingerprint density at radius 3 is 3.18 bits per heavy atom. The molecule has 5 nitrogen and oxygen atoms in total. The van der Waals surface area contributed by atoms with E-state index in [1.807, 2.05) is 20.0 Å². The summed E-state index contributed by atoms with van der Waals surface area (Å²) in [6, 6.07) is 2.47. The second-order valence-electron chi connectivity index (χ2n) is 4.22. The molecule has 1 aliphatic rings. The molecule has 1 N–H and O–H groups in total. The number of ether oxygens (including phenoxy) is 1. The van der Waals surface area contributed by atoms with Gasteiger partial charge in [-0.2, -0.15) is 0 Å². The van der Waals surface area contributed by atoms with Crippen molar-refractivity contribution < 1.29 is 4.74 Å². The van der Waals surface area contributed by atoms with E-state index in [0.29, 0.717) is 18.5 Å². The molecule has 1 unspecified atom stereocenters. The highest BCUT2D eigenvalue weighted by atomic mass is 16.5. The fourth-order valence-corrected chi connectivity index (χ4v) is 2.15. The Bertz CT molecular complexity index is 358. The molecule has 2 heterocycles. The molecule has 0 amide bonds. The van der Waals surface area contributed by atoms with Crippen molar-refractivity contribution in [3.05, 3.63) is 12.4 Å². The number of hydrogen-bond acceptors (Lipinski definition) is 5. The fourth-order valence-electron chi connectivity index (χ4n) is 2.15. The largest absolute Gasteiger partial charge is 0.478 e. The first kappa shape index (κ1) is 12.1. The molecule has 0 spiro atoms. The number of piperidine rings is 1. The highest BCUT2D eigenvalue weighted by Crippen LogP contribution is 2.20. The summed E-state index contributed by atoms with van der Waals surface area (Å²) in [4.78, 5) is 10.7. The van der Waals surface area contributed by atoms with Gasteiger partial charge in [-0.1, -0.05) is 0 Å².